The molecule has 0 aromatic heterocycles. The third-order valence-corrected chi connectivity index (χ3v) is 3.77. The average Bonchev–Trinajstić information content (AvgIpc) is 2.52. The van der Waals surface area contributed by atoms with E-state index in [1.807, 2.05) is 12.1 Å². The van der Waals surface area contributed by atoms with E-state index in [0.717, 1.165) is 38.5 Å². The van der Waals surface area contributed by atoms with Crippen molar-refractivity contribution in [3.8, 4) is 0 Å². The number of halogens is 3. The van der Waals surface area contributed by atoms with Crippen molar-refractivity contribution in [3.63, 3.8) is 0 Å². The second-order valence-corrected chi connectivity index (χ2v) is 5.76. The molecule has 0 unspecified atom stereocenters. The number of rotatable bonds is 10. The fourth-order valence-corrected chi connectivity index (χ4v) is 2.44. The van der Waals surface area contributed by atoms with Gasteiger partial charge in [0.25, 0.3) is 5.91 Å². The molecule has 3 nitrogen and oxygen atoms in total. The van der Waals surface area contributed by atoms with Crippen LogP contribution in [0.2, 0.25) is 0 Å². The largest absolute Gasteiger partial charge is 0.389 e. The molecule has 3 N–H and O–H groups in total. The van der Waals surface area contributed by atoms with E-state index in [1.54, 1.807) is 12.1 Å². The van der Waals surface area contributed by atoms with E-state index >= 15 is 0 Å². The molecule has 0 aliphatic rings. The summed E-state index contributed by atoms with van der Waals surface area (Å²) in [6.45, 7) is 0. The lowest BCUT2D eigenvalue weighted by Gasteiger charge is -2.06. The molecule has 0 saturated heterocycles. The van der Waals surface area contributed by atoms with Crippen LogP contribution in [0, 0.1) is 0 Å². The average molecular weight is 330 g/mol. The zero-order chi connectivity index (χ0) is 17.1. The Morgan fingerprint density at radius 3 is 1.96 bits per heavy atom. The Kier molecular flexibility index (Phi) is 8.69. The van der Waals surface area contributed by atoms with Gasteiger partial charge in [0.1, 0.15) is 0 Å². The number of alkyl halides is 3. The monoisotopic (exact) mass is 330 g/mol. The van der Waals surface area contributed by atoms with E-state index in [4.69, 9.17) is 5.84 Å². The first-order valence-electron chi connectivity index (χ1n) is 8.09. The predicted octanol–water partition coefficient (Wildman–Crippen LogP) is 4.52. The van der Waals surface area contributed by atoms with Gasteiger partial charge in [-0.3, -0.25) is 10.2 Å². The Hall–Kier alpha value is -1.56. The topological polar surface area (TPSA) is 55.1 Å². The van der Waals surface area contributed by atoms with E-state index in [9.17, 15) is 18.0 Å². The third-order valence-electron chi connectivity index (χ3n) is 3.77. The minimum atomic E-state index is -4.01. The summed E-state index contributed by atoms with van der Waals surface area (Å²) in [4.78, 5) is 11.3. The number of amides is 1. The lowest BCUT2D eigenvalue weighted by molar-refractivity contribution is -0.135. The van der Waals surface area contributed by atoms with Gasteiger partial charge < -0.3 is 0 Å². The van der Waals surface area contributed by atoms with E-state index < -0.39 is 12.6 Å². The molecule has 1 rings (SSSR count). The van der Waals surface area contributed by atoms with Crippen LogP contribution in [0.5, 0.6) is 0 Å². The van der Waals surface area contributed by atoms with Crippen LogP contribution in [0.3, 0.4) is 0 Å². The Bertz CT molecular complexity index is 458. The number of benzene rings is 1. The maximum atomic E-state index is 12.0. The minimum Gasteiger partial charge on any atom is -0.290 e. The van der Waals surface area contributed by atoms with Gasteiger partial charge >= 0.3 is 6.18 Å². The van der Waals surface area contributed by atoms with Crippen LogP contribution in [-0.2, 0) is 6.42 Å². The molecule has 0 heterocycles. The summed E-state index contributed by atoms with van der Waals surface area (Å²) in [7, 11) is 0. The predicted molar refractivity (Wildman–Crippen MR) is 84.8 cm³/mol. The number of unbranched alkanes of at least 4 members (excludes halogenated alkanes) is 6. The van der Waals surface area contributed by atoms with Crippen molar-refractivity contribution < 1.29 is 18.0 Å². The summed E-state index contributed by atoms with van der Waals surface area (Å²) in [5.74, 6) is 4.76. The van der Waals surface area contributed by atoms with Crippen LogP contribution in [0.1, 0.15) is 67.3 Å². The van der Waals surface area contributed by atoms with Crippen LogP contribution in [0.4, 0.5) is 13.2 Å². The number of carbonyl (C=O) groups excluding carboxylic acids is 1. The summed E-state index contributed by atoms with van der Waals surface area (Å²) < 4.78 is 35.9. The smallest absolute Gasteiger partial charge is 0.290 e. The molecular formula is C17H25F3N2O. The maximum absolute atomic E-state index is 12.0. The number of hydrogen-bond acceptors (Lipinski definition) is 2. The van der Waals surface area contributed by atoms with Crippen LogP contribution in [-0.4, -0.2) is 12.1 Å². The molecule has 0 saturated carbocycles. The summed E-state index contributed by atoms with van der Waals surface area (Å²) in [5.41, 5.74) is 3.80. The molecule has 0 bridgehead atoms. The number of nitrogens with two attached hydrogens (primary N) is 1. The molecule has 0 aliphatic carbocycles. The van der Waals surface area contributed by atoms with Gasteiger partial charge in [0.15, 0.2) is 0 Å². The molecule has 130 valence electrons. The lowest BCUT2D eigenvalue weighted by Crippen LogP contribution is -2.29. The highest BCUT2D eigenvalue weighted by atomic mass is 19.4. The molecular weight excluding hydrogens is 305 g/mol. The highest BCUT2D eigenvalue weighted by Gasteiger charge is 2.25. The summed E-state index contributed by atoms with van der Waals surface area (Å²) >= 11 is 0. The maximum Gasteiger partial charge on any atom is 0.389 e. The van der Waals surface area contributed by atoms with E-state index in [1.165, 1.54) is 5.56 Å². The van der Waals surface area contributed by atoms with E-state index in [0.29, 0.717) is 12.0 Å². The zero-order valence-electron chi connectivity index (χ0n) is 13.3. The standard InChI is InChI=1S/C17H25F3N2O/c18-17(19,20)13-7-5-3-1-2-4-6-8-14-9-11-15(12-10-14)16(23)22-21/h9-12H,1-8,13,21H2,(H,22,23). The molecule has 0 atom stereocenters. The molecule has 1 aromatic carbocycles. The summed E-state index contributed by atoms with van der Waals surface area (Å²) in [6.07, 6.45) is 2.21. The van der Waals surface area contributed by atoms with Crippen LogP contribution >= 0.6 is 0 Å². The van der Waals surface area contributed by atoms with Crippen LogP contribution < -0.4 is 11.3 Å². The van der Waals surface area contributed by atoms with Gasteiger partial charge in [-0.1, -0.05) is 44.2 Å². The first-order chi connectivity index (χ1) is 10.9. The summed E-state index contributed by atoms with van der Waals surface area (Å²) in [6, 6.07) is 7.33. The molecule has 0 spiro atoms. The van der Waals surface area contributed by atoms with Gasteiger partial charge in [-0.2, -0.15) is 13.2 Å². The van der Waals surface area contributed by atoms with Crippen LogP contribution in [0.15, 0.2) is 24.3 Å². The van der Waals surface area contributed by atoms with Crippen molar-refractivity contribution in [2.75, 3.05) is 0 Å². The number of nitrogen functional groups attached to an aromatic ring is 1. The fraction of sp³-hybridized carbons (Fsp3) is 0.588. The number of hydrazine groups is 1. The molecule has 1 aromatic rings. The van der Waals surface area contributed by atoms with Gasteiger partial charge in [-0.15, -0.1) is 0 Å². The van der Waals surface area contributed by atoms with Crippen molar-refractivity contribution in [1.82, 2.24) is 5.43 Å². The fourth-order valence-electron chi connectivity index (χ4n) is 2.44. The zero-order valence-corrected chi connectivity index (χ0v) is 13.3. The quantitative estimate of drug-likeness (QED) is 0.287. The molecule has 0 fully saturated rings. The first-order valence-corrected chi connectivity index (χ1v) is 8.09. The highest BCUT2D eigenvalue weighted by Crippen LogP contribution is 2.23. The van der Waals surface area contributed by atoms with E-state index in [2.05, 4.69) is 5.43 Å². The number of hydrogen-bond donors (Lipinski definition) is 2. The van der Waals surface area contributed by atoms with Gasteiger partial charge in [-0.05, 0) is 37.0 Å². The van der Waals surface area contributed by atoms with Crippen molar-refractivity contribution in [2.45, 2.75) is 64.0 Å². The Morgan fingerprint density at radius 1 is 0.913 bits per heavy atom. The van der Waals surface area contributed by atoms with Crippen molar-refractivity contribution in [3.05, 3.63) is 35.4 Å². The summed E-state index contributed by atoms with van der Waals surface area (Å²) in [5, 5.41) is 0. The third kappa shape index (κ3) is 9.23. The Morgan fingerprint density at radius 2 is 1.43 bits per heavy atom. The van der Waals surface area contributed by atoms with Crippen LogP contribution in [0.25, 0.3) is 0 Å². The highest BCUT2D eigenvalue weighted by molar-refractivity contribution is 5.93. The second-order valence-electron chi connectivity index (χ2n) is 5.76. The molecule has 6 heteroatoms. The number of aryl methyl sites for hydroxylation is 1. The Balaban J connectivity index is 2.04. The molecule has 0 radical (unpaired) electrons. The van der Waals surface area contributed by atoms with Gasteiger partial charge in [-0.25, -0.2) is 5.84 Å². The second kappa shape index (κ2) is 10.3. The molecule has 1 amide bonds. The van der Waals surface area contributed by atoms with Gasteiger partial charge in [0.05, 0.1) is 0 Å². The number of nitrogens with one attached hydrogen (secondary N) is 1. The number of carbonyl (C=O) groups is 1. The Labute approximate surface area is 135 Å². The van der Waals surface area contributed by atoms with Crippen molar-refractivity contribution in [2.24, 2.45) is 5.84 Å². The SMILES string of the molecule is NNC(=O)c1ccc(CCCCCCCCCC(F)(F)F)cc1. The first kappa shape index (κ1) is 19.5. The van der Waals surface area contributed by atoms with Crippen molar-refractivity contribution in [1.29, 1.82) is 0 Å². The normalized spacial score (nSPS) is 11.5. The van der Waals surface area contributed by atoms with Gasteiger partial charge in [0.2, 0.25) is 0 Å². The van der Waals surface area contributed by atoms with Gasteiger partial charge in [0, 0.05) is 12.0 Å². The minimum absolute atomic E-state index is 0.242. The lowest BCUT2D eigenvalue weighted by atomic mass is 10.0. The van der Waals surface area contributed by atoms with E-state index in [-0.39, 0.29) is 12.3 Å². The molecule has 23 heavy (non-hydrogen) atoms. The van der Waals surface area contributed by atoms with Crippen molar-refractivity contribution >= 4 is 5.91 Å². The molecule has 0 aliphatic heterocycles.